The van der Waals surface area contributed by atoms with Crippen LogP contribution in [0.5, 0.6) is 11.5 Å². The number of halogens is 1. The molecule has 2 N–H and O–H groups in total. The fourth-order valence-electron chi connectivity index (χ4n) is 3.07. The molecule has 0 aliphatic carbocycles. The first-order valence-corrected chi connectivity index (χ1v) is 10.5. The summed E-state index contributed by atoms with van der Waals surface area (Å²) in [7, 11) is 0. The summed E-state index contributed by atoms with van der Waals surface area (Å²) in [4.78, 5) is 25.6. The molecule has 0 unspecified atom stereocenters. The number of carbonyl (C=O) groups is 2. The summed E-state index contributed by atoms with van der Waals surface area (Å²) in [5.41, 5.74) is 7.47. The largest absolute Gasteiger partial charge is 0.493 e. The number of hydrogen-bond acceptors (Lipinski definition) is 5. The van der Waals surface area contributed by atoms with Crippen LogP contribution >= 0.6 is 11.6 Å². The minimum absolute atomic E-state index is 0.126. The first-order chi connectivity index (χ1) is 14.9. The number of primary amides is 1. The average molecular weight is 449 g/mol. The Balaban J connectivity index is 2.19. The van der Waals surface area contributed by atoms with Gasteiger partial charge in [0.15, 0.2) is 11.5 Å². The van der Waals surface area contributed by atoms with Crippen LogP contribution in [0.3, 0.4) is 0 Å². The molecule has 8 heteroatoms. The number of carbonyl (C=O) groups excluding carboxylic acids is 2. The Morgan fingerprint density at radius 1 is 1.10 bits per heavy atom. The smallest absolute Gasteiger partial charge is 0.315 e. The molecular formula is C23H29ClN2O5. The molecule has 2 aromatic rings. The van der Waals surface area contributed by atoms with Crippen molar-refractivity contribution in [2.24, 2.45) is 5.73 Å². The number of Topliss-reactive ketones (excluding diaryl/α,β-unsaturated/α-hetero) is 1. The van der Waals surface area contributed by atoms with Crippen LogP contribution in [0.1, 0.15) is 42.3 Å². The van der Waals surface area contributed by atoms with Crippen LogP contribution in [0.25, 0.3) is 0 Å². The normalized spacial score (nSPS) is 10.6. The Morgan fingerprint density at radius 3 is 2.35 bits per heavy atom. The average Bonchev–Trinajstić information content (AvgIpc) is 2.74. The van der Waals surface area contributed by atoms with E-state index in [1.165, 1.54) is 11.8 Å². The zero-order chi connectivity index (χ0) is 22.8. The molecule has 0 fully saturated rings. The van der Waals surface area contributed by atoms with Crippen LogP contribution in [0.4, 0.5) is 4.79 Å². The third kappa shape index (κ3) is 6.87. The van der Waals surface area contributed by atoms with Crippen molar-refractivity contribution in [2.45, 2.75) is 33.9 Å². The lowest BCUT2D eigenvalue weighted by Crippen LogP contribution is -2.37. The minimum atomic E-state index is -0.606. The molecule has 0 saturated heterocycles. The lowest BCUT2D eigenvalue weighted by molar-refractivity contribution is 0.0985. The second-order valence-electron chi connectivity index (χ2n) is 6.77. The van der Waals surface area contributed by atoms with Gasteiger partial charge in [-0.25, -0.2) is 4.79 Å². The van der Waals surface area contributed by atoms with Gasteiger partial charge < -0.3 is 24.8 Å². The quantitative estimate of drug-likeness (QED) is 0.383. The Labute approximate surface area is 188 Å². The van der Waals surface area contributed by atoms with E-state index in [2.05, 4.69) is 0 Å². The van der Waals surface area contributed by atoms with Crippen molar-refractivity contribution in [3.8, 4) is 11.5 Å². The van der Waals surface area contributed by atoms with Crippen LogP contribution in [0.2, 0.25) is 5.02 Å². The molecule has 168 valence electrons. The second-order valence-corrected chi connectivity index (χ2v) is 7.15. The monoisotopic (exact) mass is 448 g/mol. The number of nitrogens with two attached hydrogens (primary N) is 1. The fourth-order valence-corrected chi connectivity index (χ4v) is 3.33. The van der Waals surface area contributed by atoms with Gasteiger partial charge in [-0.1, -0.05) is 41.9 Å². The van der Waals surface area contributed by atoms with E-state index in [9.17, 15) is 9.59 Å². The highest BCUT2D eigenvalue weighted by Gasteiger charge is 2.24. The molecule has 0 spiro atoms. The van der Waals surface area contributed by atoms with Gasteiger partial charge in [0.05, 0.1) is 31.5 Å². The van der Waals surface area contributed by atoms with Gasteiger partial charge in [0.25, 0.3) is 0 Å². The molecule has 7 nitrogen and oxygen atoms in total. The van der Waals surface area contributed by atoms with Crippen molar-refractivity contribution < 1.29 is 23.8 Å². The molecule has 0 bridgehead atoms. The van der Waals surface area contributed by atoms with E-state index in [1.807, 2.05) is 37.3 Å². The van der Waals surface area contributed by atoms with E-state index in [4.69, 9.17) is 31.5 Å². The number of amides is 2. The summed E-state index contributed by atoms with van der Waals surface area (Å²) in [6.07, 6.45) is 0. The molecule has 0 aliphatic heterocycles. The zero-order valence-electron chi connectivity index (χ0n) is 18.2. The van der Waals surface area contributed by atoms with E-state index in [-0.39, 0.29) is 35.2 Å². The van der Waals surface area contributed by atoms with Gasteiger partial charge in [0.2, 0.25) is 0 Å². The maximum Gasteiger partial charge on any atom is 0.315 e. The Hall–Kier alpha value is -2.77. The lowest BCUT2D eigenvalue weighted by atomic mass is 10.0. The number of benzene rings is 2. The van der Waals surface area contributed by atoms with Gasteiger partial charge in [0, 0.05) is 13.1 Å². The van der Waals surface area contributed by atoms with E-state index >= 15 is 0 Å². The third-order valence-corrected chi connectivity index (χ3v) is 4.90. The van der Waals surface area contributed by atoms with Gasteiger partial charge in [-0.05, 0) is 38.0 Å². The molecule has 0 heterocycles. The van der Waals surface area contributed by atoms with Gasteiger partial charge in [-0.2, -0.15) is 0 Å². The van der Waals surface area contributed by atoms with Crippen molar-refractivity contribution >= 4 is 23.4 Å². The molecule has 2 aromatic carbocycles. The topological polar surface area (TPSA) is 91.1 Å². The Morgan fingerprint density at radius 2 is 1.77 bits per heavy atom. The maximum absolute atomic E-state index is 12.2. The molecule has 0 saturated carbocycles. The van der Waals surface area contributed by atoms with Crippen LogP contribution in [0.15, 0.2) is 36.4 Å². The molecule has 0 aliphatic rings. The lowest BCUT2D eigenvalue weighted by Gasteiger charge is -2.23. The zero-order valence-corrected chi connectivity index (χ0v) is 18.9. The number of nitrogens with zero attached hydrogens (tertiary/aromatic N) is 1. The minimum Gasteiger partial charge on any atom is -0.493 e. The molecular weight excluding hydrogens is 420 g/mol. The van der Waals surface area contributed by atoms with E-state index in [0.717, 1.165) is 5.56 Å². The van der Waals surface area contributed by atoms with Crippen LogP contribution < -0.4 is 15.2 Å². The Bertz CT molecular complexity index is 889. The highest BCUT2D eigenvalue weighted by molar-refractivity contribution is 6.33. The molecule has 2 rings (SSSR count). The molecule has 31 heavy (non-hydrogen) atoms. The molecule has 0 radical (unpaired) electrons. The van der Waals surface area contributed by atoms with Gasteiger partial charge in [-0.15, -0.1) is 0 Å². The second kappa shape index (κ2) is 12.2. The summed E-state index contributed by atoms with van der Waals surface area (Å²) in [5, 5.41) is 0.256. The van der Waals surface area contributed by atoms with Crippen molar-refractivity contribution in [1.29, 1.82) is 0 Å². The summed E-state index contributed by atoms with van der Waals surface area (Å²) >= 11 is 6.56. The highest BCUT2D eigenvalue weighted by Crippen LogP contribution is 2.39. The first kappa shape index (κ1) is 24.5. The first-order valence-electron chi connectivity index (χ1n) is 10.2. The third-order valence-electron chi connectivity index (χ3n) is 4.49. The maximum atomic E-state index is 12.2. The van der Waals surface area contributed by atoms with E-state index < -0.39 is 6.03 Å². The molecule has 2 amide bonds. The summed E-state index contributed by atoms with van der Waals surface area (Å²) in [6, 6.07) is 10.8. The molecule has 0 aromatic heterocycles. The van der Waals surface area contributed by atoms with Crippen LogP contribution in [-0.4, -0.2) is 43.1 Å². The van der Waals surface area contributed by atoms with Crippen molar-refractivity contribution in [2.75, 3.05) is 26.4 Å². The van der Waals surface area contributed by atoms with Crippen molar-refractivity contribution in [1.82, 2.24) is 4.90 Å². The summed E-state index contributed by atoms with van der Waals surface area (Å²) < 4.78 is 17.0. The van der Waals surface area contributed by atoms with E-state index in [0.29, 0.717) is 37.7 Å². The number of urea groups is 1. The standard InChI is InChI=1S/C23H29ClN2O5/c1-4-30-19-13-18(21(24)22(31-5-2)20(19)16(3)27)14-26(23(25)28)11-12-29-15-17-9-7-6-8-10-17/h6-10,13H,4-5,11-12,14-15H2,1-3H3,(H2,25,28). The number of ketones is 1. The number of ether oxygens (including phenoxy) is 3. The molecule has 0 atom stereocenters. The number of rotatable bonds is 12. The Kier molecular flexibility index (Phi) is 9.62. The predicted molar refractivity (Wildman–Crippen MR) is 120 cm³/mol. The van der Waals surface area contributed by atoms with Crippen LogP contribution in [0, 0.1) is 0 Å². The summed E-state index contributed by atoms with van der Waals surface area (Å²) in [5.74, 6) is 0.395. The predicted octanol–water partition coefficient (Wildman–Crippen LogP) is 4.44. The fraction of sp³-hybridized carbons (Fsp3) is 0.391. The number of hydrogen-bond donors (Lipinski definition) is 1. The van der Waals surface area contributed by atoms with E-state index in [1.54, 1.807) is 13.0 Å². The van der Waals surface area contributed by atoms with Gasteiger partial charge in [0.1, 0.15) is 11.3 Å². The highest BCUT2D eigenvalue weighted by atomic mass is 35.5. The van der Waals surface area contributed by atoms with Gasteiger partial charge >= 0.3 is 6.03 Å². The van der Waals surface area contributed by atoms with Crippen molar-refractivity contribution in [3.05, 3.63) is 58.1 Å². The van der Waals surface area contributed by atoms with Crippen molar-refractivity contribution in [3.63, 3.8) is 0 Å². The SMILES string of the molecule is CCOc1cc(CN(CCOCc2ccccc2)C(N)=O)c(Cl)c(OCC)c1C(C)=O. The van der Waals surface area contributed by atoms with Gasteiger partial charge in [-0.3, -0.25) is 4.79 Å². The van der Waals surface area contributed by atoms with Crippen LogP contribution in [-0.2, 0) is 17.9 Å². The summed E-state index contributed by atoms with van der Waals surface area (Å²) in [6.45, 7) is 6.87.